The van der Waals surface area contributed by atoms with Crippen LogP contribution in [0.1, 0.15) is 19.8 Å². The third kappa shape index (κ3) is 5.40. The molecule has 0 radical (unpaired) electrons. The Balaban J connectivity index is 0.00000324. The van der Waals surface area contributed by atoms with Gasteiger partial charge in [0.25, 0.3) is 0 Å². The Morgan fingerprint density at radius 1 is 1.42 bits per heavy atom. The molecule has 0 aliphatic rings. The first-order valence-electron chi connectivity index (χ1n) is 5.52. The first-order chi connectivity index (χ1) is 8.43. The van der Waals surface area contributed by atoms with Gasteiger partial charge in [-0.15, -0.1) is 12.4 Å². The quantitative estimate of drug-likeness (QED) is 0.877. The van der Waals surface area contributed by atoms with E-state index in [4.69, 9.17) is 5.73 Å². The van der Waals surface area contributed by atoms with Gasteiger partial charge in [0.2, 0.25) is 5.91 Å². The van der Waals surface area contributed by atoms with Crippen LogP contribution in [-0.2, 0) is 4.79 Å². The summed E-state index contributed by atoms with van der Waals surface area (Å²) in [5.74, 6) is -2.53. The van der Waals surface area contributed by atoms with Crippen LogP contribution in [0, 0.1) is 11.6 Å². The molecule has 0 saturated carbocycles. The third-order valence-corrected chi connectivity index (χ3v) is 2.31. The fraction of sp³-hybridized carbons (Fsp3) is 0.417. The van der Waals surface area contributed by atoms with Crippen molar-refractivity contribution in [1.29, 1.82) is 0 Å². The lowest BCUT2D eigenvalue weighted by molar-refractivity contribution is -0.116. The molecule has 19 heavy (non-hydrogen) atoms. The largest absolute Gasteiger partial charge is 0.491 e. The molecule has 0 heterocycles. The Kier molecular flexibility index (Phi) is 7.33. The Hall–Kier alpha value is -1.40. The zero-order chi connectivity index (χ0) is 13.7. The van der Waals surface area contributed by atoms with Crippen LogP contribution in [0.15, 0.2) is 12.1 Å². The highest BCUT2D eigenvalue weighted by molar-refractivity contribution is 5.90. The van der Waals surface area contributed by atoms with Crippen molar-refractivity contribution in [2.24, 2.45) is 5.73 Å². The number of rotatable bonds is 5. The fourth-order valence-electron chi connectivity index (χ4n) is 1.41. The first-order valence-corrected chi connectivity index (χ1v) is 5.52. The second-order valence-corrected chi connectivity index (χ2v) is 4.04. The molecule has 0 spiro atoms. The molecule has 108 valence electrons. The summed E-state index contributed by atoms with van der Waals surface area (Å²) in [6.07, 6.45) is 0.708. The summed E-state index contributed by atoms with van der Waals surface area (Å²) >= 11 is 0. The molecule has 0 aliphatic heterocycles. The van der Waals surface area contributed by atoms with Gasteiger partial charge in [0, 0.05) is 30.3 Å². The Morgan fingerprint density at radius 3 is 2.37 bits per heavy atom. The topological polar surface area (TPSA) is 64.3 Å². The van der Waals surface area contributed by atoms with Crippen LogP contribution in [-0.4, -0.2) is 19.1 Å². The predicted octanol–water partition coefficient (Wildman–Crippen LogP) is 2.46. The minimum atomic E-state index is -0.861. The molecule has 0 aliphatic carbocycles. The van der Waals surface area contributed by atoms with Crippen LogP contribution in [0.3, 0.4) is 0 Å². The fourth-order valence-corrected chi connectivity index (χ4v) is 1.41. The van der Waals surface area contributed by atoms with E-state index in [-0.39, 0.29) is 36.5 Å². The summed E-state index contributed by atoms with van der Waals surface area (Å²) in [4.78, 5) is 11.5. The van der Waals surface area contributed by atoms with Crippen LogP contribution < -0.4 is 15.8 Å². The average molecular weight is 295 g/mol. The molecule has 0 aromatic heterocycles. The van der Waals surface area contributed by atoms with Gasteiger partial charge in [-0.05, 0) is 13.3 Å². The summed E-state index contributed by atoms with van der Waals surface area (Å²) in [5, 5.41) is 2.40. The van der Waals surface area contributed by atoms with Crippen molar-refractivity contribution in [3.63, 3.8) is 0 Å². The molecule has 1 aromatic rings. The minimum absolute atomic E-state index is 0. The van der Waals surface area contributed by atoms with E-state index in [1.165, 1.54) is 7.11 Å². The second kappa shape index (κ2) is 7.91. The van der Waals surface area contributed by atoms with Crippen LogP contribution in [0.25, 0.3) is 0 Å². The molecule has 0 fully saturated rings. The Bertz CT molecular complexity index is 419. The lowest BCUT2D eigenvalue weighted by atomic mass is 10.2. The molecule has 7 heteroatoms. The lowest BCUT2D eigenvalue weighted by Gasteiger charge is -2.09. The maximum atomic E-state index is 13.3. The van der Waals surface area contributed by atoms with Gasteiger partial charge >= 0.3 is 0 Å². The second-order valence-electron chi connectivity index (χ2n) is 4.04. The van der Waals surface area contributed by atoms with Crippen LogP contribution in [0.2, 0.25) is 0 Å². The Labute approximate surface area is 116 Å². The summed E-state index contributed by atoms with van der Waals surface area (Å²) in [7, 11) is 1.17. The Morgan fingerprint density at radius 2 is 1.95 bits per heavy atom. The van der Waals surface area contributed by atoms with E-state index < -0.39 is 17.4 Å². The number of carbonyl (C=O) groups excluding carboxylic acids is 1. The standard InChI is InChI=1S/C12H16F2N2O2.ClH/c1-7(15)3-4-11(17)16-8-5-9(13)12(18-2)10(14)6-8;/h5-7H,3-4,15H2,1-2H3,(H,16,17);1H. The number of halogens is 3. The van der Waals surface area contributed by atoms with Crippen LogP contribution >= 0.6 is 12.4 Å². The monoisotopic (exact) mass is 294 g/mol. The molecule has 1 rings (SSSR count). The minimum Gasteiger partial charge on any atom is -0.491 e. The number of nitrogens with one attached hydrogen (secondary N) is 1. The predicted molar refractivity (Wildman–Crippen MR) is 71.7 cm³/mol. The van der Waals surface area contributed by atoms with Crippen molar-refractivity contribution >= 4 is 24.0 Å². The highest BCUT2D eigenvalue weighted by atomic mass is 35.5. The summed E-state index contributed by atoms with van der Waals surface area (Å²) in [5.41, 5.74) is 5.56. The van der Waals surface area contributed by atoms with Crippen molar-refractivity contribution in [3.8, 4) is 5.75 Å². The maximum Gasteiger partial charge on any atom is 0.224 e. The zero-order valence-corrected chi connectivity index (χ0v) is 11.5. The molecule has 4 nitrogen and oxygen atoms in total. The van der Waals surface area contributed by atoms with Gasteiger partial charge in [0.1, 0.15) is 0 Å². The number of hydrogen-bond acceptors (Lipinski definition) is 3. The number of methoxy groups -OCH3 is 1. The van der Waals surface area contributed by atoms with Gasteiger partial charge in [-0.3, -0.25) is 4.79 Å². The van der Waals surface area contributed by atoms with E-state index in [0.717, 1.165) is 12.1 Å². The smallest absolute Gasteiger partial charge is 0.224 e. The van der Waals surface area contributed by atoms with Crippen LogP contribution in [0.5, 0.6) is 5.75 Å². The van der Waals surface area contributed by atoms with Gasteiger partial charge in [0.15, 0.2) is 17.4 Å². The highest BCUT2D eigenvalue weighted by Crippen LogP contribution is 2.25. The molecular weight excluding hydrogens is 278 g/mol. The van der Waals surface area contributed by atoms with Crippen molar-refractivity contribution < 1.29 is 18.3 Å². The van der Waals surface area contributed by atoms with Gasteiger partial charge in [-0.1, -0.05) is 0 Å². The number of nitrogens with two attached hydrogens (primary N) is 1. The number of carbonyl (C=O) groups is 1. The molecule has 1 unspecified atom stereocenters. The molecule has 1 atom stereocenters. The molecule has 1 amide bonds. The van der Waals surface area contributed by atoms with E-state index in [1.54, 1.807) is 6.92 Å². The van der Waals surface area contributed by atoms with Crippen molar-refractivity contribution in [2.75, 3.05) is 12.4 Å². The molecule has 0 saturated heterocycles. The number of hydrogen-bond donors (Lipinski definition) is 2. The first kappa shape index (κ1) is 17.6. The average Bonchev–Trinajstić information content (AvgIpc) is 2.26. The van der Waals surface area contributed by atoms with E-state index in [9.17, 15) is 13.6 Å². The lowest BCUT2D eigenvalue weighted by Crippen LogP contribution is -2.19. The molecule has 3 N–H and O–H groups in total. The maximum absolute atomic E-state index is 13.3. The zero-order valence-electron chi connectivity index (χ0n) is 10.7. The van der Waals surface area contributed by atoms with Crippen molar-refractivity contribution in [1.82, 2.24) is 0 Å². The number of anilines is 1. The van der Waals surface area contributed by atoms with E-state index in [1.807, 2.05) is 0 Å². The summed E-state index contributed by atoms with van der Waals surface area (Å²) < 4.78 is 31.2. The van der Waals surface area contributed by atoms with Gasteiger partial charge < -0.3 is 15.8 Å². The van der Waals surface area contributed by atoms with Crippen molar-refractivity contribution in [2.45, 2.75) is 25.8 Å². The summed E-state index contributed by atoms with van der Waals surface area (Å²) in [6, 6.07) is 1.91. The number of amides is 1. The van der Waals surface area contributed by atoms with Gasteiger partial charge in [0.05, 0.1) is 7.11 Å². The normalized spacial score (nSPS) is 11.4. The summed E-state index contributed by atoms with van der Waals surface area (Å²) in [6.45, 7) is 1.78. The number of benzene rings is 1. The third-order valence-electron chi connectivity index (χ3n) is 2.31. The van der Waals surface area contributed by atoms with Gasteiger partial charge in [-0.25, -0.2) is 8.78 Å². The van der Waals surface area contributed by atoms with E-state index >= 15 is 0 Å². The van der Waals surface area contributed by atoms with E-state index in [2.05, 4.69) is 10.1 Å². The van der Waals surface area contributed by atoms with E-state index in [0.29, 0.717) is 6.42 Å². The van der Waals surface area contributed by atoms with Crippen LogP contribution in [0.4, 0.5) is 14.5 Å². The van der Waals surface area contributed by atoms with Crippen molar-refractivity contribution in [3.05, 3.63) is 23.8 Å². The highest BCUT2D eigenvalue weighted by Gasteiger charge is 2.13. The SMILES string of the molecule is COc1c(F)cc(NC(=O)CCC(C)N)cc1F.Cl. The molecule has 1 aromatic carbocycles. The van der Waals surface area contributed by atoms with Gasteiger partial charge in [-0.2, -0.15) is 0 Å². The number of ether oxygens (including phenoxy) is 1. The molecule has 0 bridgehead atoms. The molecular formula is C12H17ClF2N2O2.